The van der Waals surface area contributed by atoms with Gasteiger partial charge in [-0.1, -0.05) is 115 Å². The smallest absolute Gasteiger partial charge is 0.309 e. The minimum Gasteiger partial charge on any atom is -0.544 e. The molecule has 0 N–H and O–H groups in total. The Morgan fingerprint density at radius 1 is 0.705 bits per heavy atom. The number of hydrogen-bond acceptors (Lipinski definition) is 7. The number of hydrogen-bond donors (Lipinski definition) is 0. The van der Waals surface area contributed by atoms with E-state index in [4.69, 9.17) is 14.2 Å². The van der Waals surface area contributed by atoms with Crippen LogP contribution in [0.15, 0.2) is 36.5 Å². The normalized spacial score (nSPS) is 13.6. The van der Waals surface area contributed by atoms with E-state index in [1.54, 1.807) is 27.2 Å². The van der Waals surface area contributed by atoms with Crippen molar-refractivity contribution < 1.29 is 38.2 Å². The Morgan fingerprint density at radius 2 is 1.25 bits per heavy atom. The van der Waals surface area contributed by atoms with Crippen LogP contribution in [0.4, 0.5) is 0 Å². The summed E-state index contributed by atoms with van der Waals surface area (Å²) in [4.78, 5) is 36.3. The van der Waals surface area contributed by atoms with Gasteiger partial charge in [0, 0.05) is 12.8 Å². The van der Waals surface area contributed by atoms with Crippen LogP contribution in [0.1, 0.15) is 123 Å². The van der Waals surface area contributed by atoms with Gasteiger partial charge in [-0.25, -0.2) is 0 Å². The second-order valence-corrected chi connectivity index (χ2v) is 12.4. The standard InChI is InChI=1S/C36H63NO7/c1-6-8-10-12-14-16-17-19-21-23-25-27-35(39)44-32(30-42-29-28-33(36(40)41)37(3,4)5)31-43-34(38)26-24-22-20-18-15-13-11-9-7-2/h9,11,15,18,22,24,32-33H,6-8,10,12-14,16-17,19-21,23,25-31H2,1-5H3/b11-9+,18-15+,24-22+. The third-order valence-electron chi connectivity index (χ3n) is 7.32. The van der Waals surface area contributed by atoms with E-state index in [0.717, 1.165) is 38.5 Å². The molecule has 0 aromatic heterocycles. The van der Waals surface area contributed by atoms with Crippen LogP contribution in [0.2, 0.25) is 0 Å². The van der Waals surface area contributed by atoms with Crippen LogP contribution in [-0.4, -0.2) is 75.5 Å². The number of nitrogens with zero attached hydrogens (tertiary/aromatic N) is 1. The van der Waals surface area contributed by atoms with Crippen LogP contribution >= 0.6 is 0 Å². The van der Waals surface area contributed by atoms with Crippen LogP contribution in [0.3, 0.4) is 0 Å². The molecule has 0 aromatic carbocycles. The number of carboxylic acid groups (broad SMARTS) is 1. The van der Waals surface area contributed by atoms with Crippen LogP contribution < -0.4 is 5.11 Å². The topological polar surface area (TPSA) is 102 Å². The molecule has 0 bridgehead atoms. The van der Waals surface area contributed by atoms with Crippen molar-refractivity contribution >= 4 is 17.9 Å². The number of unbranched alkanes of at least 4 members (excludes halogenated alkanes) is 10. The summed E-state index contributed by atoms with van der Waals surface area (Å²) in [6, 6.07) is -0.732. The minimum absolute atomic E-state index is 0.0152. The maximum Gasteiger partial charge on any atom is 0.309 e. The second kappa shape index (κ2) is 28.1. The highest BCUT2D eigenvalue weighted by atomic mass is 16.6. The SMILES string of the molecule is CC/C=C/C/C=C/C/C=C/CC(=O)OCC(COCCC(C(=O)[O-])[N+](C)(C)C)OC(=O)CCCCCCCCCCCCC. The van der Waals surface area contributed by atoms with Crippen molar-refractivity contribution in [2.45, 2.75) is 135 Å². The molecule has 8 nitrogen and oxygen atoms in total. The number of allylic oxidation sites excluding steroid dienone is 5. The highest BCUT2D eigenvalue weighted by Gasteiger charge is 2.25. The van der Waals surface area contributed by atoms with Gasteiger partial charge >= 0.3 is 11.9 Å². The molecule has 44 heavy (non-hydrogen) atoms. The van der Waals surface area contributed by atoms with Crippen molar-refractivity contribution in [2.75, 3.05) is 41.0 Å². The minimum atomic E-state index is -1.14. The molecular formula is C36H63NO7. The van der Waals surface area contributed by atoms with E-state index in [1.807, 2.05) is 12.2 Å². The summed E-state index contributed by atoms with van der Waals surface area (Å²) in [7, 11) is 5.36. The lowest BCUT2D eigenvalue weighted by molar-refractivity contribution is -0.889. The Balaban J connectivity index is 4.58. The van der Waals surface area contributed by atoms with E-state index in [0.29, 0.717) is 6.42 Å². The first-order chi connectivity index (χ1) is 21.1. The van der Waals surface area contributed by atoms with E-state index < -0.39 is 24.1 Å². The molecule has 0 radical (unpaired) electrons. The van der Waals surface area contributed by atoms with Gasteiger partial charge in [0.15, 0.2) is 6.10 Å². The lowest BCUT2D eigenvalue weighted by Crippen LogP contribution is -2.55. The summed E-state index contributed by atoms with van der Waals surface area (Å²) >= 11 is 0. The number of esters is 2. The first-order valence-corrected chi connectivity index (χ1v) is 17.0. The average molecular weight is 622 g/mol. The molecule has 8 heteroatoms. The monoisotopic (exact) mass is 621 g/mol. The first kappa shape index (κ1) is 41.5. The maximum absolute atomic E-state index is 12.5. The van der Waals surface area contributed by atoms with E-state index in [2.05, 4.69) is 32.1 Å². The van der Waals surface area contributed by atoms with E-state index in [1.165, 1.54) is 51.4 Å². The molecule has 0 aliphatic heterocycles. The van der Waals surface area contributed by atoms with Crippen molar-refractivity contribution in [1.82, 2.24) is 0 Å². The molecule has 0 aromatic rings. The van der Waals surface area contributed by atoms with E-state index in [9.17, 15) is 19.5 Å². The zero-order chi connectivity index (χ0) is 32.9. The molecule has 0 spiro atoms. The fourth-order valence-corrected chi connectivity index (χ4v) is 4.66. The zero-order valence-corrected chi connectivity index (χ0v) is 28.6. The lowest BCUT2D eigenvalue weighted by atomic mass is 10.1. The number of carboxylic acids is 1. The van der Waals surface area contributed by atoms with E-state index in [-0.39, 0.29) is 43.1 Å². The highest BCUT2D eigenvalue weighted by Crippen LogP contribution is 2.13. The van der Waals surface area contributed by atoms with Crippen LogP contribution in [0.5, 0.6) is 0 Å². The van der Waals surface area contributed by atoms with Gasteiger partial charge in [0.1, 0.15) is 12.6 Å². The Morgan fingerprint density at radius 3 is 1.80 bits per heavy atom. The Bertz CT molecular complexity index is 829. The number of likely N-dealkylation sites (N-methyl/N-ethyl adjacent to an activating group) is 1. The molecule has 0 fully saturated rings. The molecule has 254 valence electrons. The molecule has 0 saturated heterocycles. The summed E-state index contributed by atoms with van der Waals surface area (Å²) in [5.74, 6) is -1.89. The Labute approximate surface area is 268 Å². The van der Waals surface area contributed by atoms with Crippen molar-refractivity contribution in [1.29, 1.82) is 0 Å². The number of ether oxygens (including phenoxy) is 3. The van der Waals surface area contributed by atoms with Gasteiger partial charge in [-0.05, 0) is 25.7 Å². The number of aliphatic carboxylic acids is 1. The molecule has 2 atom stereocenters. The predicted molar refractivity (Wildman–Crippen MR) is 176 cm³/mol. The molecular weight excluding hydrogens is 558 g/mol. The van der Waals surface area contributed by atoms with Crippen LogP contribution in [0, 0.1) is 0 Å². The number of carbonyl (C=O) groups is 3. The van der Waals surface area contributed by atoms with Gasteiger partial charge in [-0.2, -0.15) is 0 Å². The number of quaternary nitrogens is 1. The lowest BCUT2D eigenvalue weighted by Gasteiger charge is -2.34. The number of carbonyl (C=O) groups excluding carboxylic acids is 3. The maximum atomic E-state index is 12.5. The molecule has 0 saturated carbocycles. The van der Waals surface area contributed by atoms with Gasteiger partial charge in [-0.3, -0.25) is 9.59 Å². The molecule has 0 heterocycles. The predicted octanol–water partition coefficient (Wildman–Crippen LogP) is 6.62. The van der Waals surface area contributed by atoms with Crippen LogP contribution in [0.25, 0.3) is 0 Å². The fraction of sp³-hybridized carbons (Fsp3) is 0.750. The number of rotatable bonds is 29. The zero-order valence-electron chi connectivity index (χ0n) is 28.6. The molecule has 0 aliphatic carbocycles. The van der Waals surface area contributed by atoms with Crippen LogP contribution in [-0.2, 0) is 28.6 Å². The van der Waals surface area contributed by atoms with Gasteiger partial charge in [0.2, 0.25) is 0 Å². The first-order valence-electron chi connectivity index (χ1n) is 17.0. The van der Waals surface area contributed by atoms with Gasteiger partial charge in [0.25, 0.3) is 0 Å². The largest absolute Gasteiger partial charge is 0.544 e. The quantitative estimate of drug-likeness (QED) is 0.0400. The molecule has 2 unspecified atom stereocenters. The van der Waals surface area contributed by atoms with Crippen molar-refractivity contribution in [3.63, 3.8) is 0 Å². The molecule has 0 rings (SSSR count). The van der Waals surface area contributed by atoms with Gasteiger partial charge in [-0.15, -0.1) is 0 Å². The van der Waals surface area contributed by atoms with Crippen molar-refractivity contribution in [3.05, 3.63) is 36.5 Å². The Kier molecular flexibility index (Phi) is 26.5. The Hall–Kier alpha value is -2.45. The highest BCUT2D eigenvalue weighted by molar-refractivity contribution is 5.71. The summed E-state index contributed by atoms with van der Waals surface area (Å²) < 4.78 is 16.9. The average Bonchev–Trinajstić information content (AvgIpc) is 2.96. The third kappa shape index (κ3) is 26.0. The van der Waals surface area contributed by atoms with Crippen molar-refractivity contribution in [2.24, 2.45) is 0 Å². The summed E-state index contributed by atoms with van der Waals surface area (Å²) in [6.45, 7) is 4.39. The fourth-order valence-electron chi connectivity index (χ4n) is 4.66. The molecule has 0 amide bonds. The van der Waals surface area contributed by atoms with Gasteiger partial charge < -0.3 is 28.6 Å². The third-order valence-corrected chi connectivity index (χ3v) is 7.32. The summed E-state index contributed by atoms with van der Waals surface area (Å²) in [5.41, 5.74) is 0. The van der Waals surface area contributed by atoms with E-state index >= 15 is 0 Å². The molecule has 0 aliphatic rings. The summed E-state index contributed by atoms with van der Waals surface area (Å²) in [5, 5.41) is 11.5. The summed E-state index contributed by atoms with van der Waals surface area (Å²) in [6.07, 6.45) is 27.8. The van der Waals surface area contributed by atoms with Crippen molar-refractivity contribution in [3.8, 4) is 0 Å². The van der Waals surface area contributed by atoms with Gasteiger partial charge in [0.05, 0.1) is 46.7 Å². The second-order valence-electron chi connectivity index (χ2n) is 12.4.